The molecule has 3 rings (SSSR count). The molecule has 3 aromatic rings. The molecule has 0 aromatic heterocycles. The fourth-order valence-electron chi connectivity index (χ4n) is 2.43. The Morgan fingerprint density at radius 3 is 2.19 bits per heavy atom. The quantitative estimate of drug-likeness (QED) is 0.654. The van der Waals surface area contributed by atoms with Gasteiger partial charge in [-0.3, -0.25) is 4.79 Å². The first-order valence-electron chi connectivity index (χ1n) is 8.15. The molecule has 0 heterocycles. The Bertz CT molecular complexity index is 1040. The van der Waals surface area contributed by atoms with Crippen LogP contribution in [-0.4, -0.2) is 14.3 Å². The topological polar surface area (TPSA) is 75.3 Å². The van der Waals surface area contributed by atoms with Gasteiger partial charge in [0.2, 0.25) is 10.0 Å². The van der Waals surface area contributed by atoms with E-state index in [9.17, 15) is 13.2 Å². The van der Waals surface area contributed by atoms with Crippen molar-refractivity contribution in [2.75, 3.05) is 5.32 Å². The summed E-state index contributed by atoms with van der Waals surface area (Å²) in [6.45, 7) is 0.125. The van der Waals surface area contributed by atoms with Crippen LogP contribution in [0.4, 0.5) is 5.69 Å². The van der Waals surface area contributed by atoms with Gasteiger partial charge in [-0.2, -0.15) is 0 Å². The van der Waals surface area contributed by atoms with Crippen LogP contribution in [0, 0.1) is 0 Å². The molecule has 0 saturated carbocycles. The Morgan fingerprint density at radius 2 is 1.52 bits per heavy atom. The van der Waals surface area contributed by atoms with Gasteiger partial charge in [-0.25, -0.2) is 13.1 Å². The summed E-state index contributed by atoms with van der Waals surface area (Å²) in [5, 5.41) is 2.76. The standard InChI is InChI=1S/C20H17ClN2O3S/c21-18-12-11-16(20(24)23-17-9-5-2-6-10-17)13-19(18)27(25,26)22-14-15-7-3-1-4-8-15/h1-13,22H,14H2,(H,23,24). The molecule has 0 aliphatic rings. The van der Waals surface area contributed by atoms with Crippen LogP contribution in [0.1, 0.15) is 15.9 Å². The van der Waals surface area contributed by atoms with Gasteiger partial charge in [0.25, 0.3) is 5.91 Å². The zero-order valence-electron chi connectivity index (χ0n) is 14.2. The van der Waals surface area contributed by atoms with Crippen LogP contribution >= 0.6 is 11.6 Å². The predicted molar refractivity (Wildman–Crippen MR) is 106 cm³/mol. The van der Waals surface area contributed by atoms with E-state index in [-0.39, 0.29) is 22.0 Å². The number of nitrogens with one attached hydrogen (secondary N) is 2. The molecule has 5 nitrogen and oxygen atoms in total. The molecule has 138 valence electrons. The average molecular weight is 401 g/mol. The minimum atomic E-state index is -3.88. The highest BCUT2D eigenvalue weighted by molar-refractivity contribution is 7.89. The highest BCUT2D eigenvalue weighted by atomic mass is 35.5. The number of sulfonamides is 1. The van der Waals surface area contributed by atoms with Gasteiger partial charge >= 0.3 is 0 Å². The van der Waals surface area contributed by atoms with E-state index in [0.717, 1.165) is 5.56 Å². The first-order chi connectivity index (χ1) is 13.0. The number of amides is 1. The van der Waals surface area contributed by atoms with Crippen molar-refractivity contribution in [2.45, 2.75) is 11.4 Å². The Morgan fingerprint density at radius 1 is 0.889 bits per heavy atom. The lowest BCUT2D eigenvalue weighted by Gasteiger charge is -2.11. The molecule has 7 heteroatoms. The van der Waals surface area contributed by atoms with Crippen LogP contribution in [0.3, 0.4) is 0 Å². The molecule has 1 amide bonds. The molecule has 27 heavy (non-hydrogen) atoms. The highest BCUT2D eigenvalue weighted by Gasteiger charge is 2.20. The van der Waals surface area contributed by atoms with Crippen LogP contribution < -0.4 is 10.0 Å². The predicted octanol–water partition coefficient (Wildman–Crippen LogP) is 4.07. The van der Waals surface area contributed by atoms with Gasteiger partial charge in [0.05, 0.1) is 5.02 Å². The number of anilines is 1. The van der Waals surface area contributed by atoms with E-state index in [1.165, 1.54) is 18.2 Å². The molecule has 0 unspecified atom stereocenters. The summed E-state index contributed by atoms with van der Waals surface area (Å²) < 4.78 is 27.8. The average Bonchev–Trinajstić information content (AvgIpc) is 2.68. The van der Waals surface area contributed by atoms with E-state index in [1.807, 2.05) is 36.4 Å². The molecule has 3 aromatic carbocycles. The largest absolute Gasteiger partial charge is 0.322 e. The maximum Gasteiger partial charge on any atom is 0.255 e. The number of rotatable bonds is 6. The lowest BCUT2D eigenvalue weighted by atomic mass is 10.2. The van der Waals surface area contributed by atoms with E-state index in [2.05, 4.69) is 10.0 Å². The number of halogens is 1. The fraction of sp³-hybridized carbons (Fsp3) is 0.0500. The fourth-order valence-corrected chi connectivity index (χ4v) is 3.97. The van der Waals surface area contributed by atoms with Crippen molar-refractivity contribution in [3.8, 4) is 0 Å². The maximum absolute atomic E-state index is 12.6. The van der Waals surface area contributed by atoms with E-state index < -0.39 is 15.9 Å². The summed E-state index contributed by atoms with van der Waals surface area (Å²) in [5.74, 6) is -0.419. The highest BCUT2D eigenvalue weighted by Crippen LogP contribution is 2.23. The number of carbonyl (C=O) groups excluding carboxylic acids is 1. The second-order valence-corrected chi connectivity index (χ2v) is 7.92. The molecule has 0 aliphatic carbocycles. The zero-order valence-corrected chi connectivity index (χ0v) is 15.8. The molecule has 0 atom stereocenters. The smallest absolute Gasteiger partial charge is 0.255 e. The van der Waals surface area contributed by atoms with Crippen molar-refractivity contribution < 1.29 is 13.2 Å². The summed E-state index contributed by atoms with van der Waals surface area (Å²) in [6.07, 6.45) is 0. The first-order valence-corrected chi connectivity index (χ1v) is 10.0. The summed E-state index contributed by atoms with van der Waals surface area (Å²) in [5.41, 5.74) is 1.63. The number of benzene rings is 3. The molecular weight excluding hydrogens is 384 g/mol. The zero-order chi connectivity index (χ0) is 19.3. The van der Waals surface area contributed by atoms with Crippen LogP contribution in [0.5, 0.6) is 0 Å². The van der Waals surface area contributed by atoms with Crippen molar-refractivity contribution in [2.24, 2.45) is 0 Å². The lowest BCUT2D eigenvalue weighted by Crippen LogP contribution is -2.24. The summed E-state index contributed by atoms with van der Waals surface area (Å²) in [7, 11) is -3.88. The third-order valence-electron chi connectivity index (χ3n) is 3.82. The normalized spacial score (nSPS) is 11.1. The van der Waals surface area contributed by atoms with Gasteiger partial charge in [0, 0.05) is 17.8 Å². The summed E-state index contributed by atoms with van der Waals surface area (Å²) in [6, 6.07) is 22.2. The Balaban J connectivity index is 1.80. The summed E-state index contributed by atoms with van der Waals surface area (Å²) >= 11 is 6.08. The van der Waals surface area contributed by atoms with Crippen LogP contribution in [0.15, 0.2) is 83.8 Å². The Kier molecular flexibility index (Phi) is 5.91. The van der Waals surface area contributed by atoms with Gasteiger partial charge in [-0.15, -0.1) is 0 Å². The molecule has 0 radical (unpaired) electrons. The van der Waals surface area contributed by atoms with Gasteiger partial charge in [0.15, 0.2) is 0 Å². The number of hydrogen-bond acceptors (Lipinski definition) is 3. The second-order valence-electron chi connectivity index (χ2n) is 5.78. The molecule has 0 spiro atoms. The van der Waals surface area contributed by atoms with E-state index >= 15 is 0 Å². The molecule has 0 bridgehead atoms. The number of hydrogen-bond donors (Lipinski definition) is 2. The van der Waals surface area contributed by atoms with E-state index in [1.54, 1.807) is 24.3 Å². The first kappa shape index (κ1) is 19.1. The molecular formula is C20H17ClN2O3S. The minimum absolute atomic E-state index is 0.0480. The third kappa shape index (κ3) is 4.95. The van der Waals surface area contributed by atoms with Crippen molar-refractivity contribution in [1.82, 2.24) is 4.72 Å². The van der Waals surface area contributed by atoms with Gasteiger partial charge in [-0.05, 0) is 35.9 Å². The van der Waals surface area contributed by atoms with E-state index in [4.69, 9.17) is 11.6 Å². The van der Waals surface area contributed by atoms with Crippen molar-refractivity contribution in [3.05, 3.63) is 95.0 Å². The second kappa shape index (κ2) is 8.35. The van der Waals surface area contributed by atoms with Gasteiger partial charge in [0.1, 0.15) is 4.90 Å². The van der Waals surface area contributed by atoms with Crippen molar-refractivity contribution >= 4 is 33.2 Å². The van der Waals surface area contributed by atoms with Crippen molar-refractivity contribution in [1.29, 1.82) is 0 Å². The Labute approximate surface area is 163 Å². The third-order valence-corrected chi connectivity index (χ3v) is 5.71. The van der Waals surface area contributed by atoms with Crippen LogP contribution in [0.25, 0.3) is 0 Å². The van der Waals surface area contributed by atoms with Crippen LogP contribution in [0.2, 0.25) is 5.02 Å². The van der Waals surface area contributed by atoms with Crippen LogP contribution in [-0.2, 0) is 16.6 Å². The van der Waals surface area contributed by atoms with Crippen molar-refractivity contribution in [3.63, 3.8) is 0 Å². The number of carbonyl (C=O) groups is 1. The van der Waals surface area contributed by atoms with E-state index in [0.29, 0.717) is 5.69 Å². The minimum Gasteiger partial charge on any atom is -0.322 e. The van der Waals surface area contributed by atoms with Gasteiger partial charge < -0.3 is 5.32 Å². The molecule has 2 N–H and O–H groups in total. The molecule has 0 saturated heterocycles. The maximum atomic E-state index is 12.6. The Hall–Kier alpha value is -2.67. The van der Waals surface area contributed by atoms with Gasteiger partial charge in [-0.1, -0.05) is 60.1 Å². The SMILES string of the molecule is O=C(Nc1ccccc1)c1ccc(Cl)c(S(=O)(=O)NCc2ccccc2)c1. The molecule has 0 aliphatic heterocycles. The monoisotopic (exact) mass is 400 g/mol. The lowest BCUT2D eigenvalue weighted by molar-refractivity contribution is 0.102. The number of para-hydroxylation sites is 1. The molecule has 0 fully saturated rings. The summed E-state index contributed by atoms with van der Waals surface area (Å²) in [4.78, 5) is 12.3.